The molecule has 1 aliphatic rings. The van der Waals surface area contributed by atoms with Crippen LogP contribution in [0.5, 0.6) is 0 Å². The van der Waals surface area contributed by atoms with E-state index in [0.29, 0.717) is 5.41 Å². The van der Waals surface area contributed by atoms with Gasteiger partial charge in [0.2, 0.25) is 0 Å². The molecule has 1 heteroatoms. The smallest absolute Gasteiger partial charge is 0.0144 e. The van der Waals surface area contributed by atoms with Crippen LogP contribution in [0.4, 0.5) is 0 Å². The molecule has 1 aliphatic heterocycles. The second-order valence-electron chi connectivity index (χ2n) is 6.48. The molecule has 0 radical (unpaired) electrons. The van der Waals surface area contributed by atoms with Gasteiger partial charge in [-0.05, 0) is 43.1 Å². The van der Waals surface area contributed by atoms with E-state index in [2.05, 4.69) is 52.1 Å². The fraction of sp³-hybridized carbons (Fsp3) is 0.765. The molecule has 1 nitrogen and oxygen atoms in total. The predicted molar refractivity (Wildman–Crippen MR) is 81.5 cm³/mol. The zero-order valence-corrected chi connectivity index (χ0v) is 13.0. The molecule has 1 N–H and O–H groups in total. The van der Waals surface area contributed by atoms with E-state index in [0.717, 1.165) is 12.5 Å². The Morgan fingerprint density at radius 1 is 1.39 bits per heavy atom. The lowest BCUT2D eigenvalue weighted by atomic mass is 9.79. The molecule has 0 aromatic carbocycles. The van der Waals surface area contributed by atoms with Crippen molar-refractivity contribution in [3.8, 4) is 0 Å². The Hall–Kier alpha value is -0.720. The topological polar surface area (TPSA) is 12.0 Å². The van der Waals surface area contributed by atoms with Crippen LogP contribution in [0.3, 0.4) is 0 Å². The summed E-state index contributed by atoms with van der Waals surface area (Å²) in [6.45, 7) is 12.7. The van der Waals surface area contributed by atoms with Gasteiger partial charge in [0.15, 0.2) is 0 Å². The van der Waals surface area contributed by atoms with Crippen LogP contribution in [0.2, 0.25) is 0 Å². The zero-order chi connectivity index (χ0) is 13.6. The van der Waals surface area contributed by atoms with Crippen LogP contribution >= 0.6 is 0 Å². The van der Waals surface area contributed by atoms with Crippen molar-refractivity contribution in [3.05, 3.63) is 23.4 Å². The lowest BCUT2D eigenvalue weighted by Gasteiger charge is -2.25. The molecule has 0 saturated heterocycles. The average Bonchev–Trinajstić information content (AvgIpc) is 2.41. The molecule has 0 amide bonds. The van der Waals surface area contributed by atoms with E-state index in [1.807, 2.05) is 0 Å². The standard InChI is InChI=1S/C17H31N/c1-6-9-14(2)10-7-11-16-15(3)18-13-8-12-17(16,4)5/h7,11,14,18H,6,8-10,12-13H2,1-5H3/b11-7-. The van der Waals surface area contributed by atoms with E-state index in [9.17, 15) is 0 Å². The zero-order valence-electron chi connectivity index (χ0n) is 13.0. The highest BCUT2D eigenvalue weighted by Gasteiger charge is 2.25. The minimum atomic E-state index is 0.318. The molecule has 18 heavy (non-hydrogen) atoms. The molecule has 1 rings (SSSR count). The first-order chi connectivity index (χ1) is 8.47. The summed E-state index contributed by atoms with van der Waals surface area (Å²) in [5.41, 5.74) is 3.19. The molecule has 0 fully saturated rings. The SMILES string of the molecule is CCCC(C)C/C=C\C1=C(C)NCCCC1(C)C. The molecule has 0 aliphatic carbocycles. The Kier molecular flexibility index (Phi) is 5.98. The van der Waals surface area contributed by atoms with E-state index >= 15 is 0 Å². The van der Waals surface area contributed by atoms with Crippen molar-refractivity contribution in [1.82, 2.24) is 5.32 Å². The maximum atomic E-state index is 3.54. The number of allylic oxidation sites excluding steroid dienone is 4. The highest BCUT2D eigenvalue weighted by Crippen LogP contribution is 2.35. The van der Waals surface area contributed by atoms with E-state index in [-0.39, 0.29) is 0 Å². The van der Waals surface area contributed by atoms with Crippen molar-refractivity contribution in [1.29, 1.82) is 0 Å². The quantitative estimate of drug-likeness (QED) is 0.718. The molecule has 0 bridgehead atoms. The predicted octanol–water partition coefficient (Wildman–Crippen LogP) is 5.05. The summed E-state index contributed by atoms with van der Waals surface area (Å²) < 4.78 is 0. The van der Waals surface area contributed by atoms with Crippen LogP contribution in [-0.2, 0) is 0 Å². The van der Waals surface area contributed by atoms with Crippen molar-refractivity contribution in [2.45, 2.75) is 66.7 Å². The highest BCUT2D eigenvalue weighted by molar-refractivity contribution is 5.30. The van der Waals surface area contributed by atoms with Gasteiger partial charge in [-0.3, -0.25) is 0 Å². The van der Waals surface area contributed by atoms with Gasteiger partial charge in [-0.25, -0.2) is 0 Å². The van der Waals surface area contributed by atoms with Gasteiger partial charge in [0.05, 0.1) is 0 Å². The van der Waals surface area contributed by atoms with Crippen molar-refractivity contribution >= 4 is 0 Å². The second kappa shape index (κ2) is 7.01. The van der Waals surface area contributed by atoms with Crippen molar-refractivity contribution in [2.75, 3.05) is 6.54 Å². The van der Waals surface area contributed by atoms with Crippen LogP contribution in [0.25, 0.3) is 0 Å². The highest BCUT2D eigenvalue weighted by atomic mass is 14.9. The molecule has 104 valence electrons. The molecule has 0 aromatic heterocycles. The average molecular weight is 249 g/mol. The maximum Gasteiger partial charge on any atom is 0.0144 e. The molecule has 0 aromatic rings. The molecular weight excluding hydrogens is 218 g/mol. The van der Waals surface area contributed by atoms with E-state index < -0.39 is 0 Å². The van der Waals surface area contributed by atoms with Crippen LogP contribution in [0.1, 0.15) is 66.7 Å². The first kappa shape index (κ1) is 15.3. The number of rotatable bonds is 5. The minimum absolute atomic E-state index is 0.318. The van der Waals surface area contributed by atoms with E-state index in [4.69, 9.17) is 0 Å². The third-order valence-corrected chi connectivity index (χ3v) is 4.11. The van der Waals surface area contributed by atoms with Crippen molar-refractivity contribution < 1.29 is 0 Å². The fourth-order valence-corrected chi connectivity index (χ4v) is 2.92. The van der Waals surface area contributed by atoms with E-state index in [1.165, 1.54) is 43.4 Å². The minimum Gasteiger partial charge on any atom is -0.388 e. The number of hydrogen-bond acceptors (Lipinski definition) is 1. The molecular formula is C17H31N. The van der Waals surface area contributed by atoms with Gasteiger partial charge < -0.3 is 5.32 Å². The lowest BCUT2D eigenvalue weighted by molar-refractivity contribution is 0.412. The number of hydrogen-bond donors (Lipinski definition) is 1. The van der Waals surface area contributed by atoms with Gasteiger partial charge in [0.1, 0.15) is 0 Å². The fourth-order valence-electron chi connectivity index (χ4n) is 2.92. The molecule has 1 heterocycles. The molecule has 1 unspecified atom stereocenters. The van der Waals surface area contributed by atoms with Crippen LogP contribution in [0, 0.1) is 11.3 Å². The summed E-state index contributed by atoms with van der Waals surface area (Å²) >= 11 is 0. The van der Waals surface area contributed by atoms with Crippen molar-refractivity contribution in [3.63, 3.8) is 0 Å². The Labute approximate surface area is 114 Å². The largest absolute Gasteiger partial charge is 0.388 e. The van der Waals surface area contributed by atoms with Crippen LogP contribution < -0.4 is 5.32 Å². The Balaban J connectivity index is 2.69. The molecule has 0 saturated carbocycles. The van der Waals surface area contributed by atoms with Gasteiger partial charge in [0, 0.05) is 12.2 Å². The van der Waals surface area contributed by atoms with Gasteiger partial charge >= 0.3 is 0 Å². The first-order valence-electron chi connectivity index (χ1n) is 7.59. The van der Waals surface area contributed by atoms with Gasteiger partial charge in [-0.2, -0.15) is 0 Å². The second-order valence-corrected chi connectivity index (χ2v) is 6.48. The third-order valence-electron chi connectivity index (χ3n) is 4.11. The third kappa shape index (κ3) is 4.51. The van der Waals surface area contributed by atoms with Crippen LogP contribution in [0.15, 0.2) is 23.4 Å². The summed E-state index contributed by atoms with van der Waals surface area (Å²) in [6.07, 6.45) is 11.2. The summed E-state index contributed by atoms with van der Waals surface area (Å²) in [4.78, 5) is 0. The van der Waals surface area contributed by atoms with Crippen LogP contribution in [-0.4, -0.2) is 6.54 Å². The normalized spacial score (nSPS) is 21.8. The summed E-state index contributed by atoms with van der Waals surface area (Å²) in [6, 6.07) is 0. The molecule has 0 spiro atoms. The van der Waals surface area contributed by atoms with E-state index in [1.54, 1.807) is 0 Å². The Morgan fingerprint density at radius 2 is 2.11 bits per heavy atom. The summed E-state index contributed by atoms with van der Waals surface area (Å²) in [7, 11) is 0. The Bertz CT molecular complexity index is 310. The first-order valence-corrected chi connectivity index (χ1v) is 7.59. The molecule has 1 atom stereocenters. The number of nitrogens with one attached hydrogen (secondary N) is 1. The maximum absolute atomic E-state index is 3.54. The monoisotopic (exact) mass is 249 g/mol. The Morgan fingerprint density at radius 3 is 2.78 bits per heavy atom. The van der Waals surface area contributed by atoms with Gasteiger partial charge in [-0.15, -0.1) is 0 Å². The van der Waals surface area contributed by atoms with Gasteiger partial charge in [-0.1, -0.05) is 52.7 Å². The van der Waals surface area contributed by atoms with Gasteiger partial charge in [0.25, 0.3) is 0 Å². The summed E-state index contributed by atoms with van der Waals surface area (Å²) in [5.74, 6) is 0.814. The summed E-state index contributed by atoms with van der Waals surface area (Å²) in [5, 5.41) is 3.54. The lowest BCUT2D eigenvalue weighted by Crippen LogP contribution is -2.15. The van der Waals surface area contributed by atoms with Crippen molar-refractivity contribution in [2.24, 2.45) is 11.3 Å².